The van der Waals surface area contributed by atoms with Crippen LogP contribution < -0.4 is 10.5 Å². The lowest BCUT2D eigenvalue weighted by Gasteiger charge is -2.17. The van der Waals surface area contributed by atoms with Crippen LogP contribution in [-0.2, 0) is 6.42 Å². The highest BCUT2D eigenvalue weighted by atomic mass is 16.5. The molecule has 0 saturated carbocycles. The van der Waals surface area contributed by atoms with Crippen molar-refractivity contribution in [2.75, 3.05) is 5.73 Å². The molecule has 0 bridgehead atoms. The van der Waals surface area contributed by atoms with Crippen LogP contribution in [0.15, 0.2) is 6.07 Å². The van der Waals surface area contributed by atoms with Gasteiger partial charge in [-0.15, -0.1) is 0 Å². The summed E-state index contributed by atoms with van der Waals surface area (Å²) in [5.41, 5.74) is 5.66. The van der Waals surface area contributed by atoms with Crippen LogP contribution in [0, 0.1) is 5.92 Å². The summed E-state index contributed by atoms with van der Waals surface area (Å²) >= 11 is 0. The SMILES string of the molecule is CCc1nc(N)cc(OC(C)C(C)C)n1. The summed E-state index contributed by atoms with van der Waals surface area (Å²) in [6.45, 7) is 8.23. The van der Waals surface area contributed by atoms with E-state index in [0.29, 0.717) is 17.6 Å². The van der Waals surface area contributed by atoms with Gasteiger partial charge in [0.25, 0.3) is 0 Å². The van der Waals surface area contributed by atoms with Crippen LogP contribution in [0.1, 0.15) is 33.5 Å². The Morgan fingerprint density at radius 2 is 2.00 bits per heavy atom. The maximum Gasteiger partial charge on any atom is 0.218 e. The molecule has 2 N–H and O–H groups in total. The van der Waals surface area contributed by atoms with Crippen LogP contribution in [0.25, 0.3) is 0 Å². The third kappa shape index (κ3) is 3.38. The number of nitrogens with two attached hydrogens (primary N) is 1. The minimum absolute atomic E-state index is 0.129. The molecule has 0 saturated heterocycles. The Kier molecular flexibility index (Phi) is 3.88. The van der Waals surface area contributed by atoms with E-state index in [4.69, 9.17) is 10.5 Å². The van der Waals surface area contributed by atoms with E-state index in [2.05, 4.69) is 23.8 Å². The van der Waals surface area contributed by atoms with Crippen LogP contribution in [0.3, 0.4) is 0 Å². The molecule has 1 aromatic rings. The number of nitrogen functional groups attached to an aromatic ring is 1. The Morgan fingerprint density at radius 1 is 1.33 bits per heavy atom. The van der Waals surface area contributed by atoms with Crippen LogP contribution in [0.4, 0.5) is 5.82 Å². The number of hydrogen-bond acceptors (Lipinski definition) is 4. The number of hydrogen-bond donors (Lipinski definition) is 1. The largest absolute Gasteiger partial charge is 0.474 e. The lowest BCUT2D eigenvalue weighted by Crippen LogP contribution is -2.19. The fourth-order valence-electron chi connectivity index (χ4n) is 1.04. The zero-order chi connectivity index (χ0) is 11.4. The Labute approximate surface area is 90.9 Å². The summed E-state index contributed by atoms with van der Waals surface area (Å²) in [6.07, 6.45) is 0.890. The van der Waals surface area contributed by atoms with Gasteiger partial charge in [-0.3, -0.25) is 0 Å². The summed E-state index contributed by atoms with van der Waals surface area (Å²) < 4.78 is 5.67. The molecule has 84 valence electrons. The normalized spacial score (nSPS) is 12.9. The second-order valence-corrected chi connectivity index (χ2v) is 3.97. The van der Waals surface area contributed by atoms with Crippen molar-refractivity contribution in [2.24, 2.45) is 5.92 Å². The third-order valence-corrected chi connectivity index (χ3v) is 2.33. The molecule has 0 aliphatic heterocycles. The van der Waals surface area contributed by atoms with Gasteiger partial charge in [0.2, 0.25) is 5.88 Å². The minimum atomic E-state index is 0.129. The highest BCUT2D eigenvalue weighted by molar-refractivity contribution is 5.32. The summed E-state index contributed by atoms with van der Waals surface area (Å²) in [7, 11) is 0. The molecule has 0 spiro atoms. The summed E-state index contributed by atoms with van der Waals surface area (Å²) in [6, 6.07) is 1.66. The van der Waals surface area contributed by atoms with Crippen molar-refractivity contribution in [2.45, 2.75) is 40.2 Å². The van der Waals surface area contributed by atoms with Crippen LogP contribution >= 0.6 is 0 Å². The van der Waals surface area contributed by atoms with Crippen LogP contribution in [-0.4, -0.2) is 16.1 Å². The van der Waals surface area contributed by atoms with Crippen molar-refractivity contribution >= 4 is 5.82 Å². The van der Waals surface area contributed by atoms with Crippen molar-refractivity contribution < 1.29 is 4.74 Å². The predicted molar refractivity (Wildman–Crippen MR) is 60.8 cm³/mol. The highest BCUT2D eigenvalue weighted by Gasteiger charge is 2.10. The second-order valence-electron chi connectivity index (χ2n) is 3.97. The molecule has 1 heterocycles. The van der Waals surface area contributed by atoms with E-state index in [-0.39, 0.29) is 6.10 Å². The van der Waals surface area contributed by atoms with Gasteiger partial charge in [0.1, 0.15) is 11.6 Å². The van der Waals surface area contributed by atoms with E-state index in [0.717, 1.165) is 12.2 Å². The van der Waals surface area contributed by atoms with E-state index < -0.39 is 0 Å². The van der Waals surface area contributed by atoms with E-state index >= 15 is 0 Å². The Hall–Kier alpha value is -1.32. The van der Waals surface area contributed by atoms with Gasteiger partial charge >= 0.3 is 0 Å². The van der Waals surface area contributed by atoms with Gasteiger partial charge in [-0.05, 0) is 12.8 Å². The van der Waals surface area contributed by atoms with Gasteiger partial charge in [0.15, 0.2) is 0 Å². The molecular formula is C11H19N3O. The molecule has 0 fully saturated rings. The molecular weight excluding hydrogens is 190 g/mol. The third-order valence-electron chi connectivity index (χ3n) is 2.33. The topological polar surface area (TPSA) is 61.0 Å². The molecule has 1 rings (SSSR count). The van der Waals surface area contributed by atoms with Crippen molar-refractivity contribution in [3.8, 4) is 5.88 Å². The van der Waals surface area contributed by atoms with Crippen molar-refractivity contribution in [3.63, 3.8) is 0 Å². The standard InChI is InChI=1S/C11H19N3O/c1-5-10-13-9(12)6-11(14-10)15-8(4)7(2)3/h6-8H,5H2,1-4H3,(H2,12,13,14). The van der Waals surface area contributed by atoms with E-state index in [1.54, 1.807) is 6.07 Å². The molecule has 4 nitrogen and oxygen atoms in total. The highest BCUT2D eigenvalue weighted by Crippen LogP contribution is 2.15. The second kappa shape index (κ2) is 4.96. The first kappa shape index (κ1) is 11.8. The molecule has 0 aliphatic rings. The monoisotopic (exact) mass is 209 g/mol. The van der Waals surface area contributed by atoms with Gasteiger partial charge < -0.3 is 10.5 Å². The molecule has 0 aromatic carbocycles. The van der Waals surface area contributed by atoms with Gasteiger partial charge in [-0.2, -0.15) is 4.98 Å². The lowest BCUT2D eigenvalue weighted by atomic mass is 10.1. The molecule has 1 aromatic heterocycles. The predicted octanol–water partition coefficient (Wildman–Crippen LogP) is 2.04. The van der Waals surface area contributed by atoms with E-state index in [1.807, 2.05) is 13.8 Å². The summed E-state index contributed by atoms with van der Waals surface area (Å²) in [4.78, 5) is 8.35. The average Bonchev–Trinajstić information content (AvgIpc) is 2.16. The summed E-state index contributed by atoms with van der Waals surface area (Å²) in [5.74, 6) is 2.21. The molecule has 0 aliphatic carbocycles. The molecule has 0 radical (unpaired) electrons. The fraction of sp³-hybridized carbons (Fsp3) is 0.636. The van der Waals surface area contributed by atoms with Crippen LogP contribution in [0.5, 0.6) is 5.88 Å². The maximum atomic E-state index is 5.67. The first-order chi connectivity index (χ1) is 7.02. The number of aromatic nitrogens is 2. The van der Waals surface area contributed by atoms with Crippen LogP contribution in [0.2, 0.25) is 0 Å². The first-order valence-corrected chi connectivity index (χ1v) is 5.33. The molecule has 1 atom stereocenters. The van der Waals surface area contributed by atoms with Crippen molar-refractivity contribution in [1.29, 1.82) is 0 Å². The van der Waals surface area contributed by atoms with Crippen molar-refractivity contribution in [1.82, 2.24) is 9.97 Å². The quantitative estimate of drug-likeness (QED) is 0.824. The zero-order valence-electron chi connectivity index (χ0n) is 9.82. The van der Waals surface area contributed by atoms with Crippen molar-refractivity contribution in [3.05, 3.63) is 11.9 Å². The first-order valence-electron chi connectivity index (χ1n) is 5.33. The number of nitrogens with zero attached hydrogens (tertiary/aromatic N) is 2. The van der Waals surface area contributed by atoms with E-state index in [1.165, 1.54) is 0 Å². The Bertz CT molecular complexity index is 326. The Morgan fingerprint density at radius 3 is 2.53 bits per heavy atom. The van der Waals surface area contributed by atoms with Gasteiger partial charge in [-0.25, -0.2) is 4.98 Å². The lowest BCUT2D eigenvalue weighted by molar-refractivity contribution is 0.163. The zero-order valence-corrected chi connectivity index (χ0v) is 9.82. The fourth-order valence-corrected chi connectivity index (χ4v) is 1.04. The number of anilines is 1. The Balaban J connectivity index is 2.80. The smallest absolute Gasteiger partial charge is 0.218 e. The molecule has 0 amide bonds. The molecule has 4 heteroatoms. The number of ether oxygens (including phenoxy) is 1. The summed E-state index contributed by atoms with van der Waals surface area (Å²) in [5, 5.41) is 0. The molecule has 1 unspecified atom stereocenters. The molecule has 15 heavy (non-hydrogen) atoms. The van der Waals surface area contributed by atoms with Gasteiger partial charge in [0.05, 0.1) is 6.10 Å². The maximum absolute atomic E-state index is 5.67. The van der Waals surface area contributed by atoms with Gasteiger partial charge in [0, 0.05) is 12.5 Å². The van der Waals surface area contributed by atoms with E-state index in [9.17, 15) is 0 Å². The number of aryl methyl sites for hydroxylation is 1. The minimum Gasteiger partial charge on any atom is -0.474 e. The van der Waals surface area contributed by atoms with Gasteiger partial charge in [-0.1, -0.05) is 20.8 Å². The average molecular weight is 209 g/mol. The number of rotatable bonds is 4.